The van der Waals surface area contributed by atoms with Gasteiger partial charge in [0, 0.05) is 30.3 Å². The molecule has 2 aliphatic heterocycles. The highest BCUT2D eigenvalue weighted by atomic mass is 16.2. The fourth-order valence-corrected chi connectivity index (χ4v) is 2.89. The molecular weight excluding hydrogens is 264 g/mol. The second-order valence-electron chi connectivity index (χ2n) is 5.58. The number of nitrogens with one attached hydrogen (secondary N) is 3. The number of anilines is 1. The molecule has 0 spiro atoms. The lowest BCUT2D eigenvalue weighted by atomic mass is 10.0. The Labute approximate surface area is 125 Å². The van der Waals surface area contributed by atoms with Crippen LogP contribution in [0.5, 0.6) is 0 Å². The van der Waals surface area contributed by atoms with Gasteiger partial charge in [-0.3, -0.25) is 9.79 Å². The van der Waals surface area contributed by atoms with E-state index in [1.54, 1.807) is 0 Å². The van der Waals surface area contributed by atoms with Crippen LogP contribution < -0.4 is 16.0 Å². The standard InChI is InChI=1S/C16H22N4O/c1-2-14-19-13-8-4-3-7-12(13)15(20-14)16(21)18-10-11-6-5-9-17-11/h3-4,7-8,11,15,17H,2,5-6,9-10H2,1H3,(H,18,21)(H,19,20)/t11-,15?/m0/s1. The van der Waals surface area contributed by atoms with Gasteiger partial charge in [0.2, 0.25) is 5.91 Å². The number of rotatable bonds is 4. The number of hydrogen-bond acceptors (Lipinski definition) is 4. The van der Waals surface area contributed by atoms with Crippen LogP contribution in [0.4, 0.5) is 5.69 Å². The van der Waals surface area contributed by atoms with Crippen LogP contribution >= 0.6 is 0 Å². The summed E-state index contributed by atoms with van der Waals surface area (Å²) < 4.78 is 0. The number of amidine groups is 1. The van der Waals surface area contributed by atoms with Crippen molar-refractivity contribution in [2.75, 3.05) is 18.4 Å². The van der Waals surface area contributed by atoms with Crippen molar-refractivity contribution in [1.82, 2.24) is 10.6 Å². The van der Waals surface area contributed by atoms with Gasteiger partial charge in [-0.05, 0) is 25.5 Å². The van der Waals surface area contributed by atoms with Gasteiger partial charge in [0.05, 0.1) is 0 Å². The SMILES string of the molecule is CCC1=NC(C(=O)NC[C@@H]2CCCN2)c2ccccc2N1. The van der Waals surface area contributed by atoms with Crippen molar-refractivity contribution in [3.8, 4) is 0 Å². The van der Waals surface area contributed by atoms with Crippen molar-refractivity contribution in [3.63, 3.8) is 0 Å². The summed E-state index contributed by atoms with van der Waals surface area (Å²) in [7, 11) is 0. The van der Waals surface area contributed by atoms with Crippen LogP contribution in [0.2, 0.25) is 0 Å². The third kappa shape index (κ3) is 3.08. The minimum Gasteiger partial charge on any atom is -0.352 e. The Morgan fingerprint density at radius 2 is 2.29 bits per heavy atom. The highest BCUT2D eigenvalue weighted by molar-refractivity contribution is 6.01. The maximum atomic E-state index is 12.5. The maximum Gasteiger partial charge on any atom is 0.249 e. The predicted molar refractivity (Wildman–Crippen MR) is 84.6 cm³/mol. The Kier molecular flexibility index (Phi) is 4.20. The van der Waals surface area contributed by atoms with Gasteiger partial charge in [0.25, 0.3) is 0 Å². The fraction of sp³-hybridized carbons (Fsp3) is 0.500. The van der Waals surface area contributed by atoms with Gasteiger partial charge in [-0.2, -0.15) is 0 Å². The lowest BCUT2D eigenvalue weighted by Gasteiger charge is -2.24. The summed E-state index contributed by atoms with van der Waals surface area (Å²) in [5.74, 6) is 0.858. The molecule has 5 heteroatoms. The zero-order valence-electron chi connectivity index (χ0n) is 12.4. The van der Waals surface area contributed by atoms with E-state index < -0.39 is 6.04 Å². The molecule has 112 valence electrons. The van der Waals surface area contributed by atoms with Crippen molar-refractivity contribution in [2.45, 2.75) is 38.3 Å². The van der Waals surface area contributed by atoms with Gasteiger partial charge in [0.1, 0.15) is 5.84 Å². The second-order valence-corrected chi connectivity index (χ2v) is 5.58. The topological polar surface area (TPSA) is 65.5 Å². The van der Waals surface area contributed by atoms with Crippen molar-refractivity contribution in [2.24, 2.45) is 4.99 Å². The Morgan fingerprint density at radius 3 is 3.05 bits per heavy atom. The highest BCUT2D eigenvalue weighted by Crippen LogP contribution is 2.30. The summed E-state index contributed by atoms with van der Waals surface area (Å²) in [6, 6.07) is 7.86. The van der Waals surface area contributed by atoms with Crippen LogP contribution in [-0.4, -0.2) is 30.9 Å². The first-order valence-electron chi connectivity index (χ1n) is 7.71. The smallest absolute Gasteiger partial charge is 0.249 e. The Bertz CT molecular complexity index is 549. The van der Waals surface area contributed by atoms with E-state index >= 15 is 0 Å². The van der Waals surface area contributed by atoms with E-state index in [-0.39, 0.29) is 5.91 Å². The zero-order chi connectivity index (χ0) is 14.7. The first kappa shape index (κ1) is 14.1. The molecule has 1 unspecified atom stereocenters. The van der Waals surface area contributed by atoms with Gasteiger partial charge in [-0.25, -0.2) is 0 Å². The van der Waals surface area contributed by atoms with Gasteiger partial charge >= 0.3 is 0 Å². The number of amides is 1. The van der Waals surface area contributed by atoms with Crippen molar-refractivity contribution in [3.05, 3.63) is 29.8 Å². The number of carbonyl (C=O) groups is 1. The quantitative estimate of drug-likeness (QED) is 0.791. The van der Waals surface area contributed by atoms with Crippen LogP contribution in [0.25, 0.3) is 0 Å². The average Bonchev–Trinajstić information content (AvgIpc) is 3.05. The fourth-order valence-electron chi connectivity index (χ4n) is 2.89. The molecule has 1 saturated heterocycles. The lowest BCUT2D eigenvalue weighted by Crippen LogP contribution is -2.40. The minimum absolute atomic E-state index is 0.0106. The van der Waals surface area contributed by atoms with Crippen LogP contribution in [0, 0.1) is 0 Å². The number of benzene rings is 1. The first-order chi connectivity index (χ1) is 10.3. The number of hydrogen-bond donors (Lipinski definition) is 3. The molecule has 2 heterocycles. The molecule has 0 radical (unpaired) electrons. The minimum atomic E-state index is -0.432. The van der Waals surface area contributed by atoms with E-state index in [4.69, 9.17) is 0 Å². The molecule has 1 aromatic rings. The van der Waals surface area contributed by atoms with E-state index in [0.717, 1.165) is 36.5 Å². The van der Waals surface area contributed by atoms with Crippen molar-refractivity contribution in [1.29, 1.82) is 0 Å². The molecule has 2 atom stereocenters. The highest BCUT2D eigenvalue weighted by Gasteiger charge is 2.27. The van der Waals surface area contributed by atoms with E-state index in [2.05, 4.69) is 20.9 Å². The summed E-state index contributed by atoms with van der Waals surface area (Å²) in [6.07, 6.45) is 3.11. The number of para-hydroxylation sites is 1. The van der Waals surface area contributed by atoms with Gasteiger partial charge in [-0.1, -0.05) is 25.1 Å². The molecule has 0 bridgehead atoms. The van der Waals surface area contributed by atoms with Crippen LogP contribution in [0.3, 0.4) is 0 Å². The monoisotopic (exact) mass is 286 g/mol. The Hall–Kier alpha value is -1.88. The van der Waals surface area contributed by atoms with Gasteiger partial charge in [-0.15, -0.1) is 0 Å². The summed E-state index contributed by atoms with van der Waals surface area (Å²) in [6.45, 7) is 3.77. The zero-order valence-corrected chi connectivity index (χ0v) is 12.4. The summed E-state index contributed by atoms with van der Waals surface area (Å²) in [4.78, 5) is 17.1. The molecule has 1 aromatic carbocycles. The molecule has 3 rings (SSSR count). The van der Waals surface area contributed by atoms with E-state index in [9.17, 15) is 4.79 Å². The predicted octanol–water partition coefficient (Wildman–Crippen LogP) is 1.83. The molecule has 21 heavy (non-hydrogen) atoms. The molecule has 3 N–H and O–H groups in total. The van der Waals surface area contributed by atoms with E-state index in [0.29, 0.717) is 12.6 Å². The summed E-state index contributed by atoms with van der Waals surface area (Å²) in [5.41, 5.74) is 1.94. The van der Waals surface area contributed by atoms with Gasteiger partial charge in [0.15, 0.2) is 6.04 Å². The van der Waals surface area contributed by atoms with E-state index in [1.807, 2.05) is 31.2 Å². The normalized spacial score (nSPS) is 24.0. The summed E-state index contributed by atoms with van der Waals surface area (Å²) >= 11 is 0. The van der Waals surface area contributed by atoms with Crippen molar-refractivity contribution < 1.29 is 4.79 Å². The molecule has 1 amide bonds. The largest absolute Gasteiger partial charge is 0.352 e. The first-order valence-corrected chi connectivity index (χ1v) is 7.71. The Balaban J connectivity index is 1.73. The molecule has 0 saturated carbocycles. The lowest BCUT2D eigenvalue weighted by molar-refractivity contribution is -0.122. The third-order valence-electron chi connectivity index (χ3n) is 4.09. The molecule has 1 fully saturated rings. The van der Waals surface area contributed by atoms with Crippen molar-refractivity contribution >= 4 is 17.4 Å². The number of nitrogens with zero attached hydrogens (tertiary/aromatic N) is 1. The molecule has 2 aliphatic rings. The molecule has 0 aliphatic carbocycles. The molecule has 5 nitrogen and oxygen atoms in total. The van der Waals surface area contributed by atoms with Crippen LogP contribution in [0.1, 0.15) is 37.8 Å². The Morgan fingerprint density at radius 1 is 1.43 bits per heavy atom. The van der Waals surface area contributed by atoms with Crippen LogP contribution in [0.15, 0.2) is 29.3 Å². The molecule has 0 aromatic heterocycles. The number of aliphatic imine (C=N–C) groups is 1. The number of carbonyl (C=O) groups excluding carboxylic acids is 1. The maximum absolute atomic E-state index is 12.5. The van der Waals surface area contributed by atoms with Crippen LogP contribution in [-0.2, 0) is 4.79 Å². The number of fused-ring (bicyclic) bond motifs is 1. The third-order valence-corrected chi connectivity index (χ3v) is 4.09. The average molecular weight is 286 g/mol. The van der Waals surface area contributed by atoms with E-state index in [1.165, 1.54) is 6.42 Å². The molecular formula is C16H22N4O. The summed E-state index contributed by atoms with van der Waals surface area (Å²) in [5, 5.41) is 9.72. The van der Waals surface area contributed by atoms with Gasteiger partial charge < -0.3 is 16.0 Å². The second kappa shape index (κ2) is 6.26.